The van der Waals surface area contributed by atoms with Gasteiger partial charge in [0.15, 0.2) is 5.54 Å². The van der Waals surface area contributed by atoms with Gasteiger partial charge >= 0.3 is 0 Å². The van der Waals surface area contributed by atoms with Crippen LogP contribution in [0.4, 0.5) is 0 Å². The second kappa shape index (κ2) is 1.94. The van der Waals surface area contributed by atoms with Crippen molar-refractivity contribution in [3.05, 3.63) is 10.1 Å². The summed E-state index contributed by atoms with van der Waals surface area (Å²) in [7, 11) is 0. The average molecular weight is 156 g/mol. The van der Waals surface area contributed by atoms with Gasteiger partial charge in [-0.15, -0.1) is 0 Å². The summed E-state index contributed by atoms with van der Waals surface area (Å²) in [5.41, 5.74) is -0.361. The summed E-state index contributed by atoms with van der Waals surface area (Å²) in [5, 5.41) is 11.6. The molecule has 2 fully saturated rings. The number of hydrazine groups is 1. The molecule has 1 saturated carbocycles. The maximum absolute atomic E-state index is 11.0. The van der Waals surface area contributed by atoms with E-state index in [4.69, 9.17) is 0 Å². The molecular weight excluding hydrogens is 144 g/mol. The van der Waals surface area contributed by atoms with Crippen molar-refractivity contribution in [3.63, 3.8) is 0 Å². The third kappa shape index (κ3) is 0.677. The molecule has 2 rings (SSSR count). The third-order valence-electron chi connectivity index (χ3n) is 3.01. The second-order valence-corrected chi connectivity index (χ2v) is 3.69. The maximum Gasteiger partial charge on any atom is 0.260 e. The molecular formula is C7H12N2O2. The molecule has 0 amide bonds. The zero-order chi connectivity index (χ0) is 8.06. The van der Waals surface area contributed by atoms with Gasteiger partial charge in [-0.1, -0.05) is 6.42 Å². The van der Waals surface area contributed by atoms with E-state index in [0.29, 0.717) is 10.0 Å². The molecule has 2 aliphatic rings. The van der Waals surface area contributed by atoms with Crippen molar-refractivity contribution in [1.29, 1.82) is 0 Å². The largest absolute Gasteiger partial charge is 0.704 e. The Bertz CT molecular complexity index is 207. The van der Waals surface area contributed by atoms with Gasteiger partial charge in [0.2, 0.25) is 0 Å². The SMILES string of the molecule is CC12CCCCC1[N+](=O)N2[O-]. The van der Waals surface area contributed by atoms with Gasteiger partial charge in [-0.05, 0) is 19.8 Å². The fourth-order valence-electron chi connectivity index (χ4n) is 2.17. The third-order valence-corrected chi connectivity index (χ3v) is 3.01. The lowest BCUT2D eigenvalue weighted by Crippen LogP contribution is -2.72. The van der Waals surface area contributed by atoms with Crippen molar-refractivity contribution in [2.45, 2.75) is 44.2 Å². The summed E-state index contributed by atoms with van der Waals surface area (Å²) in [6.07, 6.45) is 3.94. The number of nitroso groups, excluding NO2 is 1. The van der Waals surface area contributed by atoms with Crippen LogP contribution in [0.25, 0.3) is 0 Å². The summed E-state index contributed by atoms with van der Waals surface area (Å²) in [6.45, 7) is 1.89. The lowest BCUT2D eigenvalue weighted by Gasteiger charge is -2.51. The highest BCUT2D eigenvalue weighted by Crippen LogP contribution is 2.42. The Morgan fingerprint density at radius 2 is 2.36 bits per heavy atom. The van der Waals surface area contributed by atoms with Crippen LogP contribution in [0.2, 0.25) is 0 Å². The smallest absolute Gasteiger partial charge is 0.260 e. The summed E-state index contributed by atoms with van der Waals surface area (Å²) < 4.78 is 0. The number of hydrogen-bond donors (Lipinski definition) is 0. The molecule has 0 spiro atoms. The molecule has 0 radical (unpaired) electrons. The first kappa shape index (κ1) is 7.03. The van der Waals surface area contributed by atoms with Gasteiger partial charge in [0.05, 0.1) is 4.91 Å². The van der Waals surface area contributed by atoms with Gasteiger partial charge in [0.1, 0.15) is 4.87 Å². The van der Waals surface area contributed by atoms with Crippen molar-refractivity contribution < 1.29 is 4.87 Å². The minimum Gasteiger partial charge on any atom is -0.704 e. The van der Waals surface area contributed by atoms with Crippen molar-refractivity contribution in [3.8, 4) is 0 Å². The Labute approximate surface area is 65.3 Å². The van der Waals surface area contributed by atoms with E-state index in [2.05, 4.69) is 0 Å². The van der Waals surface area contributed by atoms with Gasteiger partial charge in [0, 0.05) is 6.42 Å². The van der Waals surface area contributed by atoms with E-state index >= 15 is 0 Å². The van der Waals surface area contributed by atoms with Crippen molar-refractivity contribution in [2.75, 3.05) is 0 Å². The summed E-state index contributed by atoms with van der Waals surface area (Å²) in [6, 6.07) is -0.0336. The first-order valence-corrected chi connectivity index (χ1v) is 4.10. The number of nitrogens with zero attached hydrogens (tertiary/aromatic N) is 2. The first-order chi connectivity index (χ1) is 5.16. The van der Waals surface area contributed by atoms with Crippen molar-refractivity contribution >= 4 is 0 Å². The first-order valence-electron chi connectivity index (χ1n) is 4.10. The van der Waals surface area contributed by atoms with E-state index in [-0.39, 0.29) is 11.6 Å². The van der Waals surface area contributed by atoms with Gasteiger partial charge in [0.25, 0.3) is 6.04 Å². The maximum atomic E-state index is 11.0. The normalized spacial score (nSPS) is 43.3. The highest BCUT2D eigenvalue weighted by molar-refractivity contribution is 4.98. The Hall–Kier alpha value is -0.640. The number of hydroxylamine groups is 1. The minimum absolute atomic E-state index is 0.0336. The topological polar surface area (TPSA) is 46.4 Å². The Morgan fingerprint density at radius 1 is 1.64 bits per heavy atom. The molecule has 1 heterocycles. The van der Waals surface area contributed by atoms with E-state index in [1.807, 2.05) is 6.92 Å². The molecule has 4 nitrogen and oxygen atoms in total. The van der Waals surface area contributed by atoms with E-state index in [1.165, 1.54) is 0 Å². The van der Waals surface area contributed by atoms with Crippen LogP contribution >= 0.6 is 0 Å². The molecule has 2 unspecified atom stereocenters. The molecule has 0 aromatic carbocycles. The quantitative estimate of drug-likeness (QED) is 0.495. The van der Waals surface area contributed by atoms with Crippen LogP contribution < -0.4 is 0 Å². The zero-order valence-corrected chi connectivity index (χ0v) is 6.62. The van der Waals surface area contributed by atoms with E-state index < -0.39 is 0 Å². The highest BCUT2D eigenvalue weighted by Gasteiger charge is 2.62. The molecule has 1 aliphatic heterocycles. The van der Waals surface area contributed by atoms with E-state index in [9.17, 15) is 10.1 Å². The molecule has 1 saturated heterocycles. The zero-order valence-electron chi connectivity index (χ0n) is 6.62. The predicted octanol–water partition coefficient (Wildman–Crippen LogP) is 1.20. The van der Waals surface area contributed by atoms with E-state index in [0.717, 1.165) is 25.7 Å². The van der Waals surface area contributed by atoms with Crippen LogP contribution in [0.3, 0.4) is 0 Å². The Balaban J connectivity index is 2.19. The van der Waals surface area contributed by atoms with Gasteiger partial charge in [-0.3, -0.25) is 0 Å². The molecule has 0 N–H and O–H groups in total. The molecule has 0 bridgehead atoms. The van der Waals surface area contributed by atoms with Gasteiger partial charge in [-0.2, -0.15) is 5.17 Å². The van der Waals surface area contributed by atoms with Crippen LogP contribution in [0.15, 0.2) is 0 Å². The van der Waals surface area contributed by atoms with Crippen molar-refractivity contribution in [2.24, 2.45) is 0 Å². The lowest BCUT2D eigenvalue weighted by molar-refractivity contribution is -0.822. The molecule has 4 heteroatoms. The lowest BCUT2D eigenvalue weighted by atomic mass is 9.76. The summed E-state index contributed by atoms with van der Waals surface area (Å²) in [4.78, 5) is 11.5. The Morgan fingerprint density at radius 3 is 3.00 bits per heavy atom. The van der Waals surface area contributed by atoms with Gasteiger partial charge < -0.3 is 5.21 Å². The van der Waals surface area contributed by atoms with E-state index in [1.54, 1.807) is 0 Å². The molecule has 11 heavy (non-hydrogen) atoms. The van der Waals surface area contributed by atoms with Crippen LogP contribution in [-0.4, -0.2) is 21.6 Å². The fraction of sp³-hybridized carbons (Fsp3) is 1.00. The second-order valence-electron chi connectivity index (χ2n) is 3.69. The molecule has 2 atom stereocenters. The van der Waals surface area contributed by atoms with Crippen LogP contribution in [-0.2, 0) is 0 Å². The van der Waals surface area contributed by atoms with Crippen LogP contribution in [0, 0.1) is 10.1 Å². The monoisotopic (exact) mass is 156 g/mol. The standard InChI is InChI=1S/C7H12N2O2/c1-7-5-3-2-4-6(7)8(10)9(7)11/h6H,2-5H2,1H3. The number of hydrogen-bond acceptors (Lipinski definition) is 2. The fourth-order valence-corrected chi connectivity index (χ4v) is 2.17. The molecule has 0 aromatic rings. The highest BCUT2D eigenvalue weighted by atomic mass is 16.6. The van der Waals surface area contributed by atoms with Crippen LogP contribution in [0.1, 0.15) is 32.6 Å². The molecule has 62 valence electrons. The minimum atomic E-state index is -0.361. The molecule has 0 aromatic heterocycles. The number of fused-ring (bicyclic) bond motifs is 1. The summed E-state index contributed by atoms with van der Waals surface area (Å²) in [5.74, 6) is 0. The predicted molar refractivity (Wildman–Crippen MR) is 39.5 cm³/mol. The van der Waals surface area contributed by atoms with Crippen LogP contribution in [0.5, 0.6) is 0 Å². The van der Waals surface area contributed by atoms with Crippen molar-refractivity contribution in [1.82, 2.24) is 5.17 Å². The summed E-state index contributed by atoms with van der Waals surface area (Å²) >= 11 is 0. The average Bonchev–Trinajstić information content (AvgIpc) is 2.04. The molecule has 1 aliphatic carbocycles. The number of rotatable bonds is 0. The Kier molecular flexibility index (Phi) is 1.24. The van der Waals surface area contributed by atoms with Gasteiger partial charge in [-0.25, -0.2) is 0 Å².